The number of nitrogens with two attached hydrogens (primary N) is 1. The van der Waals surface area contributed by atoms with E-state index in [4.69, 9.17) is 10.5 Å². The molecule has 0 spiro atoms. The molecule has 0 bridgehead atoms. The number of carbonyl (C=O) groups excluding carboxylic acids is 2. The Labute approximate surface area is 139 Å². The SMILES string of the molecule is Nc1ccc(C(=O)OCC(=O)Nc2cccc3ccccc23)cc1. The third-order valence-corrected chi connectivity index (χ3v) is 3.54. The Bertz CT molecular complexity index is 883. The van der Waals surface area contributed by atoms with Crippen molar-refractivity contribution in [2.45, 2.75) is 0 Å². The standard InChI is InChI=1S/C19H16N2O3/c20-15-10-8-14(9-11-15)19(23)24-12-18(22)21-17-7-3-5-13-4-1-2-6-16(13)17/h1-11H,12,20H2,(H,21,22). The van der Waals surface area contributed by atoms with Gasteiger partial charge in [0, 0.05) is 16.8 Å². The highest BCUT2D eigenvalue weighted by Gasteiger charge is 2.11. The number of anilines is 2. The first kappa shape index (κ1) is 15.6. The van der Waals surface area contributed by atoms with Gasteiger partial charge in [0.1, 0.15) is 0 Å². The Morgan fingerprint density at radius 2 is 1.62 bits per heavy atom. The van der Waals surface area contributed by atoms with Crippen molar-refractivity contribution in [1.29, 1.82) is 0 Å². The van der Waals surface area contributed by atoms with Gasteiger partial charge in [-0.1, -0.05) is 36.4 Å². The largest absolute Gasteiger partial charge is 0.452 e. The fourth-order valence-electron chi connectivity index (χ4n) is 2.35. The number of esters is 1. The zero-order valence-electron chi connectivity index (χ0n) is 12.9. The molecule has 0 aliphatic rings. The molecule has 0 aromatic heterocycles. The van der Waals surface area contributed by atoms with E-state index in [1.807, 2.05) is 42.5 Å². The molecule has 120 valence electrons. The van der Waals surface area contributed by atoms with Gasteiger partial charge in [-0.3, -0.25) is 4.79 Å². The molecule has 5 heteroatoms. The van der Waals surface area contributed by atoms with Crippen molar-refractivity contribution in [3.8, 4) is 0 Å². The fraction of sp³-hybridized carbons (Fsp3) is 0.0526. The number of rotatable bonds is 4. The van der Waals surface area contributed by atoms with E-state index >= 15 is 0 Å². The van der Waals surface area contributed by atoms with Crippen LogP contribution in [-0.2, 0) is 9.53 Å². The van der Waals surface area contributed by atoms with Crippen LogP contribution in [0.3, 0.4) is 0 Å². The molecule has 0 radical (unpaired) electrons. The molecule has 24 heavy (non-hydrogen) atoms. The number of amides is 1. The van der Waals surface area contributed by atoms with Gasteiger partial charge in [0.2, 0.25) is 0 Å². The number of nitrogen functional groups attached to an aromatic ring is 1. The minimum atomic E-state index is -0.567. The van der Waals surface area contributed by atoms with Crippen LogP contribution in [0.5, 0.6) is 0 Å². The van der Waals surface area contributed by atoms with E-state index in [0.717, 1.165) is 10.8 Å². The zero-order chi connectivity index (χ0) is 16.9. The summed E-state index contributed by atoms with van der Waals surface area (Å²) >= 11 is 0. The number of nitrogens with one attached hydrogen (secondary N) is 1. The fourth-order valence-corrected chi connectivity index (χ4v) is 2.35. The maximum atomic E-state index is 12.0. The number of hydrogen-bond donors (Lipinski definition) is 2. The number of ether oxygens (including phenoxy) is 1. The summed E-state index contributed by atoms with van der Waals surface area (Å²) in [7, 11) is 0. The second kappa shape index (κ2) is 6.83. The summed E-state index contributed by atoms with van der Waals surface area (Å²) in [5.74, 6) is -0.960. The van der Waals surface area contributed by atoms with Crippen LogP contribution in [0.25, 0.3) is 10.8 Å². The molecule has 3 aromatic rings. The lowest BCUT2D eigenvalue weighted by atomic mass is 10.1. The summed E-state index contributed by atoms with van der Waals surface area (Å²) in [6.07, 6.45) is 0. The molecule has 5 nitrogen and oxygen atoms in total. The second-order valence-electron chi connectivity index (χ2n) is 5.27. The summed E-state index contributed by atoms with van der Waals surface area (Å²) in [5.41, 5.74) is 7.15. The molecule has 0 aliphatic carbocycles. The quantitative estimate of drug-likeness (QED) is 0.571. The van der Waals surface area contributed by atoms with Crippen LogP contribution in [0.15, 0.2) is 66.7 Å². The third kappa shape index (κ3) is 3.52. The van der Waals surface area contributed by atoms with Gasteiger partial charge in [-0.25, -0.2) is 4.79 Å². The van der Waals surface area contributed by atoms with E-state index in [9.17, 15) is 9.59 Å². The van der Waals surface area contributed by atoms with E-state index < -0.39 is 11.9 Å². The average molecular weight is 320 g/mol. The van der Waals surface area contributed by atoms with Gasteiger partial charge in [-0.15, -0.1) is 0 Å². The lowest BCUT2D eigenvalue weighted by Gasteiger charge is -2.09. The minimum absolute atomic E-state index is 0.349. The summed E-state index contributed by atoms with van der Waals surface area (Å²) in [4.78, 5) is 23.9. The molecule has 0 atom stereocenters. The van der Waals surface area contributed by atoms with E-state index in [-0.39, 0.29) is 6.61 Å². The van der Waals surface area contributed by atoms with E-state index in [1.165, 1.54) is 0 Å². The Morgan fingerprint density at radius 1 is 0.917 bits per heavy atom. The lowest BCUT2D eigenvalue weighted by molar-refractivity contribution is -0.119. The van der Waals surface area contributed by atoms with Crippen LogP contribution in [0.4, 0.5) is 11.4 Å². The van der Waals surface area contributed by atoms with Crippen LogP contribution >= 0.6 is 0 Å². The highest BCUT2D eigenvalue weighted by atomic mass is 16.5. The van der Waals surface area contributed by atoms with E-state index in [2.05, 4.69) is 5.32 Å². The first-order valence-corrected chi connectivity index (χ1v) is 7.44. The maximum Gasteiger partial charge on any atom is 0.338 e. The predicted molar refractivity (Wildman–Crippen MR) is 93.7 cm³/mol. The monoisotopic (exact) mass is 320 g/mol. The maximum absolute atomic E-state index is 12.0. The Balaban J connectivity index is 1.63. The molecule has 0 aliphatic heterocycles. The molecule has 3 N–H and O–H groups in total. The van der Waals surface area contributed by atoms with Gasteiger partial charge in [-0.05, 0) is 35.7 Å². The van der Waals surface area contributed by atoms with E-state index in [1.54, 1.807) is 24.3 Å². The Hall–Kier alpha value is -3.34. The first-order chi connectivity index (χ1) is 11.6. The first-order valence-electron chi connectivity index (χ1n) is 7.44. The molecule has 1 amide bonds. The number of hydrogen-bond acceptors (Lipinski definition) is 4. The highest BCUT2D eigenvalue weighted by Crippen LogP contribution is 2.22. The van der Waals surface area contributed by atoms with Crippen molar-refractivity contribution in [1.82, 2.24) is 0 Å². The number of benzene rings is 3. The van der Waals surface area contributed by atoms with Gasteiger partial charge in [0.25, 0.3) is 5.91 Å². The Kier molecular flexibility index (Phi) is 4.43. The molecular formula is C19H16N2O3. The van der Waals surface area contributed by atoms with Crippen molar-refractivity contribution in [3.05, 3.63) is 72.3 Å². The molecule has 0 saturated carbocycles. The van der Waals surface area contributed by atoms with Gasteiger partial charge in [-0.2, -0.15) is 0 Å². The van der Waals surface area contributed by atoms with Gasteiger partial charge in [0.05, 0.1) is 5.56 Å². The summed E-state index contributed by atoms with van der Waals surface area (Å²) < 4.78 is 5.02. The molecule has 3 rings (SSSR count). The van der Waals surface area contributed by atoms with E-state index in [0.29, 0.717) is 16.9 Å². The number of carbonyl (C=O) groups is 2. The molecule has 0 unspecified atom stereocenters. The topological polar surface area (TPSA) is 81.4 Å². The molecule has 3 aromatic carbocycles. The normalized spacial score (nSPS) is 10.3. The molecule has 0 fully saturated rings. The third-order valence-electron chi connectivity index (χ3n) is 3.54. The van der Waals surface area contributed by atoms with Crippen molar-refractivity contribution in [3.63, 3.8) is 0 Å². The second-order valence-corrected chi connectivity index (χ2v) is 5.27. The molecular weight excluding hydrogens is 304 g/mol. The lowest BCUT2D eigenvalue weighted by Crippen LogP contribution is -2.21. The predicted octanol–water partition coefficient (Wildman–Crippen LogP) is 3.22. The van der Waals surface area contributed by atoms with Crippen molar-refractivity contribution >= 4 is 34.0 Å². The van der Waals surface area contributed by atoms with Crippen LogP contribution in [-0.4, -0.2) is 18.5 Å². The minimum Gasteiger partial charge on any atom is -0.452 e. The highest BCUT2D eigenvalue weighted by molar-refractivity contribution is 6.03. The van der Waals surface area contributed by atoms with Crippen LogP contribution in [0, 0.1) is 0 Å². The summed E-state index contributed by atoms with van der Waals surface area (Å²) in [6.45, 7) is -0.355. The van der Waals surface area contributed by atoms with Crippen LogP contribution in [0.1, 0.15) is 10.4 Å². The van der Waals surface area contributed by atoms with Gasteiger partial charge < -0.3 is 15.8 Å². The molecule has 0 saturated heterocycles. The molecule has 0 heterocycles. The summed E-state index contributed by atoms with van der Waals surface area (Å²) in [6, 6.07) is 19.7. The van der Waals surface area contributed by atoms with Gasteiger partial charge >= 0.3 is 5.97 Å². The van der Waals surface area contributed by atoms with Crippen LogP contribution < -0.4 is 11.1 Å². The van der Waals surface area contributed by atoms with Crippen molar-refractivity contribution < 1.29 is 14.3 Å². The zero-order valence-corrected chi connectivity index (χ0v) is 12.9. The Morgan fingerprint density at radius 3 is 2.42 bits per heavy atom. The van der Waals surface area contributed by atoms with Gasteiger partial charge in [0.15, 0.2) is 6.61 Å². The smallest absolute Gasteiger partial charge is 0.338 e. The van der Waals surface area contributed by atoms with Crippen molar-refractivity contribution in [2.75, 3.05) is 17.7 Å². The number of fused-ring (bicyclic) bond motifs is 1. The summed E-state index contributed by atoms with van der Waals surface area (Å²) in [5, 5.41) is 4.72. The van der Waals surface area contributed by atoms with Crippen LogP contribution in [0.2, 0.25) is 0 Å². The average Bonchev–Trinajstić information content (AvgIpc) is 2.61. The van der Waals surface area contributed by atoms with Crippen molar-refractivity contribution in [2.24, 2.45) is 0 Å².